The number of rotatable bonds is 4. The van der Waals surface area contributed by atoms with Crippen molar-refractivity contribution < 1.29 is 14.3 Å². The number of hydrogen-bond acceptors (Lipinski definition) is 4. The average molecular weight is 348 g/mol. The van der Waals surface area contributed by atoms with Crippen molar-refractivity contribution in [3.8, 4) is 16.9 Å². The van der Waals surface area contributed by atoms with Gasteiger partial charge in [-0.15, -0.1) is 0 Å². The molecule has 0 aliphatic rings. The molecule has 1 rings (SSSR count). The van der Waals surface area contributed by atoms with Crippen molar-refractivity contribution >= 4 is 36.4 Å². The molecule has 0 amide bonds. The lowest BCUT2D eigenvalue weighted by Crippen LogP contribution is -2.00. The number of carbonyl (C=O) groups excluding carboxylic acids is 1. The van der Waals surface area contributed by atoms with Gasteiger partial charge in [-0.2, -0.15) is 0 Å². The Morgan fingerprint density at radius 1 is 1.56 bits per heavy atom. The van der Waals surface area contributed by atoms with Crippen LogP contribution in [0.1, 0.15) is 15.9 Å². The molecule has 0 spiro atoms. The summed E-state index contributed by atoms with van der Waals surface area (Å²) in [6, 6.07) is 5.09. The predicted molar refractivity (Wildman–Crippen MR) is 72.8 cm³/mol. The third-order valence-corrected chi connectivity index (χ3v) is 2.54. The summed E-state index contributed by atoms with van der Waals surface area (Å²) in [5.41, 5.74) is 1.26. The van der Waals surface area contributed by atoms with E-state index in [9.17, 15) is 4.79 Å². The first kappa shape index (κ1) is 13.4. The normalized spacial score (nSPS) is 9.12. The van der Waals surface area contributed by atoms with Gasteiger partial charge >= 0.3 is 0 Å². The second-order valence-electron chi connectivity index (χ2n) is 2.73. The summed E-state index contributed by atoms with van der Waals surface area (Å²) < 4.78 is 10.1. The van der Waals surface area contributed by atoms with Gasteiger partial charge in [0.15, 0.2) is 6.79 Å². The number of benzene rings is 1. The fraction of sp³-hybridized carbons (Fsp3) is 0.182. The van der Waals surface area contributed by atoms with E-state index in [-0.39, 0.29) is 6.79 Å². The van der Waals surface area contributed by atoms with Crippen molar-refractivity contribution in [1.29, 1.82) is 0 Å². The zero-order valence-corrected chi connectivity index (χ0v) is 11.5. The van der Waals surface area contributed by atoms with Gasteiger partial charge in [-0.05, 0) is 32.4 Å². The molecule has 16 heavy (non-hydrogen) atoms. The van der Waals surface area contributed by atoms with E-state index >= 15 is 0 Å². The molecule has 0 aromatic heterocycles. The predicted octanol–water partition coefficient (Wildman–Crippen LogP) is 2.87. The second-order valence-corrected chi connectivity index (χ2v) is 4.41. The standard InChI is InChI=1S/C11H9IO3S/c1-14-8-15-11-3-2-9(7-13)6-10(11)4-5-16-12/h2-3,6-7H,8H2,1H3. The first-order chi connectivity index (χ1) is 7.81. The summed E-state index contributed by atoms with van der Waals surface area (Å²) >= 11 is 2.08. The van der Waals surface area contributed by atoms with E-state index in [4.69, 9.17) is 9.47 Å². The van der Waals surface area contributed by atoms with Gasteiger partial charge in [0.25, 0.3) is 0 Å². The highest BCUT2D eigenvalue weighted by molar-refractivity contribution is 14.2. The highest BCUT2D eigenvalue weighted by Crippen LogP contribution is 2.19. The lowest BCUT2D eigenvalue weighted by atomic mass is 10.1. The summed E-state index contributed by atoms with van der Waals surface area (Å²) in [6.07, 6.45) is 0.780. The number of halogens is 1. The second kappa shape index (κ2) is 7.54. The molecule has 1 aromatic rings. The van der Waals surface area contributed by atoms with Crippen LogP contribution in [0, 0.1) is 11.2 Å². The Kier molecular flexibility index (Phi) is 6.30. The molecule has 0 atom stereocenters. The molecule has 0 saturated heterocycles. The lowest BCUT2D eigenvalue weighted by Gasteiger charge is -2.07. The van der Waals surface area contributed by atoms with E-state index in [0.29, 0.717) is 16.9 Å². The topological polar surface area (TPSA) is 35.5 Å². The smallest absolute Gasteiger partial charge is 0.188 e. The zero-order valence-electron chi connectivity index (χ0n) is 8.53. The van der Waals surface area contributed by atoms with E-state index in [1.54, 1.807) is 25.3 Å². The van der Waals surface area contributed by atoms with Gasteiger partial charge in [0.1, 0.15) is 12.0 Å². The molecule has 0 radical (unpaired) electrons. The van der Waals surface area contributed by atoms with Crippen molar-refractivity contribution in [2.75, 3.05) is 13.9 Å². The van der Waals surface area contributed by atoms with Crippen LogP contribution in [-0.2, 0) is 4.74 Å². The maximum absolute atomic E-state index is 10.6. The van der Waals surface area contributed by atoms with Gasteiger partial charge < -0.3 is 9.47 Å². The first-order valence-electron chi connectivity index (χ1n) is 4.31. The van der Waals surface area contributed by atoms with Crippen LogP contribution in [0.2, 0.25) is 0 Å². The van der Waals surface area contributed by atoms with Crippen LogP contribution in [0.25, 0.3) is 0 Å². The van der Waals surface area contributed by atoms with Crippen LogP contribution in [0.5, 0.6) is 5.75 Å². The summed E-state index contributed by atoms with van der Waals surface area (Å²) in [6.45, 7) is 0.159. The maximum Gasteiger partial charge on any atom is 0.188 e. The SMILES string of the molecule is COCOc1ccc(C=O)cc1C#CSI. The van der Waals surface area contributed by atoms with Gasteiger partial charge in [0, 0.05) is 33.9 Å². The van der Waals surface area contributed by atoms with Crippen LogP contribution >= 0.6 is 30.1 Å². The maximum atomic E-state index is 10.6. The minimum atomic E-state index is 0.159. The monoisotopic (exact) mass is 348 g/mol. The molecule has 0 fully saturated rings. The molecular formula is C11H9IO3S. The Morgan fingerprint density at radius 2 is 2.38 bits per heavy atom. The van der Waals surface area contributed by atoms with Crippen molar-refractivity contribution in [3.63, 3.8) is 0 Å². The molecule has 0 aliphatic heterocycles. The van der Waals surface area contributed by atoms with Crippen molar-refractivity contribution in [2.24, 2.45) is 0 Å². The van der Waals surface area contributed by atoms with Crippen LogP contribution in [-0.4, -0.2) is 20.2 Å². The number of aldehydes is 1. The van der Waals surface area contributed by atoms with Crippen LogP contribution < -0.4 is 4.74 Å². The summed E-state index contributed by atoms with van der Waals surface area (Å²) in [7, 11) is 2.92. The van der Waals surface area contributed by atoms with Crippen molar-refractivity contribution in [2.45, 2.75) is 0 Å². The van der Waals surface area contributed by atoms with Crippen LogP contribution in [0.4, 0.5) is 0 Å². The van der Waals surface area contributed by atoms with Crippen LogP contribution in [0.3, 0.4) is 0 Å². The van der Waals surface area contributed by atoms with Gasteiger partial charge in [-0.1, -0.05) is 5.92 Å². The third-order valence-electron chi connectivity index (χ3n) is 1.70. The Balaban J connectivity index is 3.00. The molecule has 0 N–H and O–H groups in total. The average Bonchev–Trinajstić information content (AvgIpc) is 2.34. The van der Waals surface area contributed by atoms with E-state index in [1.165, 1.54) is 8.93 Å². The number of ether oxygens (including phenoxy) is 2. The molecular weight excluding hydrogens is 339 g/mol. The van der Waals surface area contributed by atoms with E-state index in [1.807, 2.05) is 0 Å². The van der Waals surface area contributed by atoms with Gasteiger partial charge in [-0.25, -0.2) is 0 Å². The molecule has 1 aromatic carbocycles. The minimum absolute atomic E-state index is 0.159. The van der Waals surface area contributed by atoms with E-state index in [0.717, 1.165) is 6.29 Å². The first-order valence-corrected chi connectivity index (χ1v) is 7.67. The fourth-order valence-corrected chi connectivity index (χ4v) is 1.52. The highest BCUT2D eigenvalue weighted by Gasteiger charge is 2.02. The highest BCUT2D eigenvalue weighted by atomic mass is 127. The summed E-state index contributed by atoms with van der Waals surface area (Å²) in [5.74, 6) is 3.53. The minimum Gasteiger partial charge on any atom is -0.466 e. The number of carbonyl (C=O) groups is 1. The summed E-state index contributed by atoms with van der Waals surface area (Å²) in [5, 5.41) is 2.85. The molecule has 0 saturated carbocycles. The van der Waals surface area contributed by atoms with E-state index < -0.39 is 0 Å². The Bertz CT molecular complexity index is 423. The molecule has 0 aliphatic carbocycles. The fourth-order valence-electron chi connectivity index (χ4n) is 1.04. The molecule has 0 unspecified atom stereocenters. The van der Waals surface area contributed by atoms with E-state index in [2.05, 4.69) is 32.4 Å². The Morgan fingerprint density at radius 3 is 3.00 bits per heavy atom. The molecule has 5 heteroatoms. The quantitative estimate of drug-likeness (QED) is 0.363. The summed E-state index contributed by atoms with van der Waals surface area (Å²) in [4.78, 5) is 10.6. The molecule has 84 valence electrons. The third kappa shape index (κ3) is 4.04. The van der Waals surface area contributed by atoms with Gasteiger partial charge in [0.2, 0.25) is 0 Å². The van der Waals surface area contributed by atoms with Gasteiger partial charge in [-0.3, -0.25) is 4.79 Å². The number of methoxy groups -OCH3 is 1. The Hall–Kier alpha value is -0.710. The molecule has 3 nitrogen and oxygen atoms in total. The largest absolute Gasteiger partial charge is 0.466 e. The lowest BCUT2D eigenvalue weighted by molar-refractivity contribution is 0.0509. The van der Waals surface area contributed by atoms with Gasteiger partial charge in [0.05, 0.1) is 5.56 Å². The zero-order chi connectivity index (χ0) is 11.8. The molecule has 0 bridgehead atoms. The van der Waals surface area contributed by atoms with Crippen LogP contribution in [0.15, 0.2) is 18.2 Å². The van der Waals surface area contributed by atoms with Crippen molar-refractivity contribution in [1.82, 2.24) is 0 Å². The molecule has 0 heterocycles. The number of hydrogen-bond donors (Lipinski definition) is 0. The Labute approximate surface area is 110 Å². The van der Waals surface area contributed by atoms with Crippen molar-refractivity contribution in [3.05, 3.63) is 29.3 Å².